The molecule has 1 heterocycles. The van der Waals surface area contributed by atoms with E-state index in [9.17, 15) is 9.18 Å². The summed E-state index contributed by atoms with van der Waals surface area (Å²) in [6.07, 6.45) is 1.33. The summed E-state index contributed by atoms with van der Waals surface area (Å²) in [7, 11) is 1.25. The van der Waals surface area contributed by atoms with Crippen molar-refractivity contribution in [2.75, 3.05) is 7.11 Å². The third kappa shape index (κ3) is 3.04. The van der Waals surface area contributed by atoms with Crippen LogP contribution in [0, 0.1) is 12.7 Å². The van der Waals surface area contributed by atoms with Crippen molar-refractivity contribution in [3.8, 4) is 11.6 Å². The molecule has 0 aliphatic heterocycles. The van der Waals surface area contributed by atoms with Crippen molar-refractivity contribution >= 4 is 5.97 Å². The second kappa shape index (κ2) is 5.43. The van der Waals surface area contributed by atoms with Gasteiger partial charge in [-0.2, -0.15) is 4.98 Å². The molecule has 0 saturated heterocycles. The molecular formula is C13H11FN2O3. The zero-order valence-corrected chi connectivity index (χ0v) is 10.4. The van der Waals surface area contributed by atoms with Crippen LogP contribution >= 0.6 is 0 Å². The van der Waals surface area contributed by atoms with E-state index in [1.54, 1.807) is 6.92 Å². The lowest BCUT2D eigenvalue weighted by Gasteiger charge is -2.08. The Morgan fingerprint density at radius 3 is 2.58 bits per heavy atom. The molecule has 0 amide bonds. The zero-order valence-electron chi connectivity index (χ0n) is 10.4. The van der Waals surface area contributed by atoms with E-state index in [4.69, 9.17) is 4.74 Å². The number of halogens is 1. The van der Waals surface area contributed by atoms with Crippen LogP contribution in [-0.2, 0) is 4.74 Å². The number of methoxy groups -OCH3 is 1. The van der Waals surface area contributed by atoms with Gasteiger partial charge < -0.3 is 9.47 Å². The van der Waals surface area contributed by atoms with E-state index in [0.717, 1.165) is 0 Å². The molecule has 0 fully saturated rings. The van der Waals surface area contributed by atoms with Crippen molar-refractivity contribution in [2.45, 2.75) is 6.92 Å². The first-order chi connectivity index (χ1) is 9.10. The van der Waals surface area contributed by atoms with Crippen molar-refractivity contribution in [2.24, 2.45) is 0 Å². The maximum Gasteiger partial charge on any atom is 0.345 e. The van der Waals surface area contributed by atoms with Crippen molar-refractivity contribution in [1.29, 1.82) is 0 Å². The van der Waals surface area contributed by atoms with Crippen LogP contribution in [0.3, 0.4) is 0 Å². The lowest BCUT2D eigenvalue weighted by atomic mass is 10.3. The van der Waals surface area contributed by atoms with Gasteiger partial charge in [-0.15, -0.1) is 0 Å². The standard InChI is InChI=1S/C13H11FN2O3/c1-8-15-7-11(13(17)18-2)12(16-8)19-10-5-3-9(14)4-6-10/h3-7H,1-2H3. The predicted molar refractivity (Wildman–Crippen MR) is 64.6 cm³/mol. The third-order valence-electron chi connectivity index (χ3n) is 2.31. The Balaban J connectivity index is 2.35. The molecule has 2 aromatic rings. The number of rotatable bonds is 3. The van der Waals surface area contributed by atoms with Crippen molar-refractivity contribution in [3.05, 3.63) is 47.7 Å². The SMILES string of the molecule is COC(=O)c1cnc(C)nc1Oc1ccc(F)cc1. The highest BCUT2D eigenvalue weighted by atomic mass is 19.1. The molecule has 0 radical (unpaired) electrons. The molecule has 0 N–H and O–H groups in total. The van der Waals surface area contributed by atoms with Gasteiger partial charge in [-0.1, -0.05) is 0 Å². The summed E-state index contributed by atoms with van der Waals surface area (Å²) in [5.74, 6) is -0.0862. The summed E-state index contributed by atoms with van der Waals surface area (Å²) in [4.78, 5) is 19.5. The lowest BCUT2D eigenvalue weighted by Crippen LogP contribution is -2.07. The Labute approximate surface area is 109 Å². The van der Waals surface area contributed by atoms with E-state index in [-0.39, 0.29) is 17.3 Å². The smallest absolute Gasteiger partial charge is 0.345 e. The number of benzene rings is 1. The topological polar surface area (TPSA) is 61.3 Å². The largest absolute Gasteiger partial charge is 0.465 e. The maximum absolute atomic E-state index is 12.8. The first-order valence-corrected chi connectivity index (χ1v) is 5.45. The number of aromatic nitrogens is 2. The Morgan fingerprint density at radius 2 is 1.95 bits per heavy atom. The minimum absolute atomic E-state index is 0.0750. The van der Waals surface area contributed by atoms with Crippen LogP contribution in [0.4, 0.5) is 4.39 Å². The number of aryl methyl sites for hydroxylation is 1. The van der Waals surface area contributed by atoms with E-state index in [1.807, 2.05) is 0 Å². The van der Waals surface area contributed by atoms with Crippen LogP contribution in [-0.4, -0.2) is 23.0 Å². The van der Waals surface area contributed by atoms with Gasteiger partial charge in [0, 0.05) is 6.20 Å². The highest BCUT2D eigenvalue weighted by molar-refractivity contribution is 5.91. The lowest BCUT2D eigenvalue weighted by molar-refractivity contribution is 0.0596. The summed E-state index contributed by atoms with van der Waals surface area (Å²) >= 11 is 0. The molecule has 19 heavy (non-hydrogen) atoms. The Morgan fingerprint density at radius 1 is 1.26 bits per heavy atom. The summed E-state index contributed by atoms with van der Waals surface area (Å²) in [6, 6.07) is 5.38. The monoisotopic (exact) mass is 262 g/mol. The van der Waals surface area contributed by atoms with Crippen LogP contribution in [0.25, 0.3) is 0 Å². The molecule has 0 atom stereocenters. The molecule has 2 rings (SSSR count). The van der Waals surface area contributed by atoms with E-state index in [0.29, 0.717) is 11.6 Å². The normalized spacial score (nSPS) is 10.1. The van der Waals surface area contributed by atoms with Crippen molar-refractivity contribution < 1.29 is 18.7 Å². The van der Waals surface area contributed by atoms with Gasteiger partial charge in [-0.05, 0) is 31.2 Å². The molecule has 0 aliphatic carbocycles. The minimum Gasteiger partial charge on any atom is -0.465 e. The highest BCUT2D eigenvalue weighted by Gasteiger charge is 2.16. The van der Waals surface area contributed by atoms with Crippen LogP contribution in [0.1, 0.15) is 16.2 Å². The van der Waals surface area contributed by atoms with Gasteiger partial charge in [-0.3, -0.25) is 0 Å². The molecule has 0 bridgehead atoms. The molecule has 98 valence electrons. The third-order valence-corrected chi connectivity index (χ3v) is 2.31. The van der Waals surface area contributed by atoms with Crippen molar-refractivity contribution in [3.63, 3.8) is 0 Å². The van der Waals surface area contributed by atoms with Crippen LogP contribution in [0.2, 0.25) is 0 Å². The molecular weight excluding hydrogens is 251 g/mol. The Hall–Kier alpha value is -2.50. The molecule has 1 aromatic carbocycles. The average molecular weight is 262 g/mol. The van der Waals surface area contributed by atoms with Gasteiger partial charge in [0.1, 0.15) is 23.0 Å². The number of carbonyl (C=O) groups excluding carboxylic acids is 1. The summed E-state index contributed by atoms with van der Waals surface area (Å²) in [5, 5.41) is 0. The molecule has 1 aromatic heterocycles. The average Bonchev–Trinajstić information content (AvgIpc) is 2.41. The van der Waals surface area contributed by atoms with Crippen LogP contribution in [0.15, 0.2) is 30.5 Å². The predicted octanol–water partition coefficient (Wildman–Crippen LogP) is 2.50. The molecule has 0 unspecified atom stereocenters. The molecule has 0 aliphatic rings. The van der Waals surface area contributed by atoms with Gasteiger partial charge in [0.2, 0.25) is 5.88 Å². The number of ether oxygens (including phenoxy) is 2. The number of esters is 1. The van der Waals surface area contributed by atoms with E-state index >= 15 is 0 Å². The molecule has 5 nitrogen and oxygen atoms in total. The quantitative estimate of drug-likeness (QED) is 0.795. The first-order valence-electron chi connectivity index (χ1n) is 5.45. The van der Waals surface area contributed by atoms with Gasteiger partial charge in [0.25, 0.3) is 0 Å². The maximum atomic E-state index is 12.8. The number of nitrogens with zero attached hydrogens (tertiary/aromatic N) is 2. The summed E-state index contributed by atoms with van der Waals surface area (Å²) in [6.45, 7) is 1.67. The van der Waals surface area contributed by atoms with E-state index < -0.39 is 5.97 Å². The van der Waals surface area contributed by atoms with Gasteiger partial charge in [0.15, 0.2) is 0 Å². The Kier molecular flexibility index (Phi) is 3.70. The fourth-order valence-electron chi connectivity index (χ4n) is 1.39. The summed E-state index contributed by atoms with van der Waals surface area (Å²) in [5.41, 5.74) is 0.109. The van der Waals surface area contributed by atoms with Crippen LogP contribution in [0.5, 0.6) is 11.6 Å². The number of carbonyl (C=O) groups is 1. The molecule has 6 heteroatoms. The number of hydrogen-bond acceptors (Lipinski definition) is 5. The second-order valence-corrected chi connectivity index (χ2v) is 3.68. The fraction of sp³-hybridized carbons (Fsp3) is 0.154. The Bertz CT molecular complexity index is 599. The first kappa shape index (κ1) is 12.9. The minimum atomic E-state index is -0.600. The molecule has 0 saturated carbocycles. The van der Waals surface area contributed by atoms with Gasteiger partial charge in [-0.25, -0.2) is 14.2 Å². The zero-order chi connectivity index (χ0) is 13.8. The highest BCUT2D eigenvalue weighted by Crippen LogP contribution is 2.23. The van der Waals surface area contributed by atoms with E-state index in [1.165, 1.54) is 37.6 Å². The second-order valence-electron chi connectivity index (χ2n) is 3.68. The molecule has 0 spiro atoms. The summed E-state index contributed by atoms with van der Waals surface area (Å²) < 4.78 is 22.9. The van der Waals surface area contributed by atoms with Crippen molar-refractivity contribution in [1.82, 2.24) is 9.97 Å². The number of hydrogen-bond donors (Lipinski definition) is 0. The van der Waals surface area contributed by atoms with Gasteiger partial charge in [0.05, 0.1) is 7.11 Å². The van der Waals surface area contributed by atoms with Crippen LogP contribution < -0.4 is 4.74 Å². The fourth-order valence-corrected chi connectivity index (χ4v) is 1.39. The van der Waals surface area contributed by atoms with E-state index in [2.05, 4.69) is 14.7 Å². The van der Waals surface area contributed by atoms with Gasteiger partial charge >= 0.3 is 5.97 Å².